The number of hydrogen-bond donors (Lipinski definition) is 0. The molecule has 0 fully saturated rings. The molecule has 0 N–H and O–H groups in total. The highest BCUT2D eigenvalue weighted by Crippen LogP contribution is 2.36. The van der Waals surface area contributed by atoms with Crippen molar-refractivity contribution in [2.75, 3.05) is 6.61 Å². The third-order valence-corrected chi connectivity index (χ3v) is 9.44. The van der Waals surface area contributed by atoms with Crippen LogP contribution in [0.2, 0.25) is 0 Å². The summed E-state index contributed by atoms with van der Waals surface area (Å²) >= 11 is 3.56. The van der Waals surface area contributed by atoms with Gasteiger partial charge in [0.15, 0.2) is 4.80 Å². The molecule has 6 rings (SSSR count). The summed E-state index contributed by atoms with van der Waals surface area (Å²) < 4.78 is 20.8. The summed E-state index contributed by atoms with van der Waals surface area (Å²) in [5.41, 5.74) is 3.26. The number of nitrogens with zero attached hydrogens (tertiary/aromatic N) is 2. The fourth-order valence-corrected chi connectivity index (χ4v) is 7.34. The maximum absolute atomic E-state index is 14.1. The van der Waals surface area contributed by atoms with Crippen molar-refractivity contribution in [2.24, 2.45) is 4.99 Å². The Morgan fingerprint density at radius 1 is 1.02 bits per heavy atom. The minimum absolute atomic E-state index is 0.102. The molecule has 1 atom stereocenters. The summed E-state index contributed by atoms with van der Waals surface area (Å²) in [6.07, 6.45) is 1.76. The van der Waals surface area contributed by atoms with E-state index < -0.39 is 12.0 Å². The van der Waals surface area contributed by atoms with Gasteiger partial charge in [0, 0.05) is 5.56 Å². The van der Waals surface area contributed by atoms with E-state index in [1.54, 1.807) is 18.4 Å². The number of halogens is 1. The van der Waals surface area contributed by atoms with E-state index in [0.717, 1.165) is 20.4 Å². The van der Waals surface area contributed by atoms with Crippen molar-refractivity contribution < 1.29 is 19.0 Å². The van der Waals surface area contributed by atoms with E-state index in [1.807, 2.05) is 80.6 Å². The number of ether oxygens (including phenoxy) is 3. The predicted octanol–water partition coefficient (Wildman–Crippen LogP) is 6.92. The zero-order valence-electron chi connectivity index (χ0n) is 26.0. The summed E-state index contributed by atoms with van der Waals surface area (Å²) in [5, 5.41) is 2.35. The van der Waals surface area contributed by atoms with Gasteiger partial charge < -0.3 is 14.2 Å². The Bertz CT molecular complexity index is 2160. The number of carbonyl (C=O) groups excluding carboxylic acids is 1. The molecule has 0 amide bonds. The van der Waals surface area contributed by atoms with E-state index >= 15 is 0 Å². The second-order valence-corrected chi connectivity index (χ2v) is 13.3. The summed E-state index contributed by atoms with van der Waals surface area (Å²) in [5.74, 6) is 0.863. The van der Waals surface area contributed by atoms with Gasteiger partial charge in [-0.05, 0) is 96.5 Å². The quantitative estimate of drug-likeness (QED) is 0.121. The average molecular weight is 745 g/mol. The SMILES string of the molecule is CCOC(=O)C1=C(C)N=c2s/c(=C/c3ccc(OCc4cccc5ccccc45)c(I)c3)c(=O)n2[C@@H]1c1ccccc1OC(C)C. The number of carbonyl (C=O) groups is 1. The van der Waals surface area contributed by atoms with Gasteiger partial charge in [0.05, 0.1) is 32.1 Å². The number of allylic oxidation sites excluding steroid dienone is 1. The van der Waals surface area contributed by atoms with Crippen LogP contribution < -0.4 is 24.4 Å². The minimum Gasteiger partial charge on any atom is -0.491 e. The van der Waals surface area contributed by atoms with Crippen LogP contribution in [-0.4, -0.2) is 23.2 Å². The van der Waals surface area contributed by atoms with E-state index in [4.69, 9.17) is 19.2 Å². The van der Waals surface area contributed by atoms with Crippen molar-refractivity contribution in [3.05, 3.63) is 136 Å². The van der Waals surface area contributed by atoms with E-state index in [0.29, 0.717) is 38.5 Å². The van der Waals surface area contributed by atoms with E-state index in [2.05, 4.69) is 46.9 Å². The Balaban J connectivity index is 1.37. The van der Waals surface area contributed by atoms with E-state index in [-0.39, 0.29) is 18.3 Å². The van der Waals surface area contributed by atoms with Crippen LogP contribution in [0, 0.1) is 3.57 Å². The molecule has 7 nitrogen and oxygen atoms in total. The Kier molecular flexibility index (Phi) is 9.42. The maximum Gasteiger partial charge on any atom is 0.338 e. The highest BCUT2D eigenvalue weighted by Gasteiger charge is 2.35. The Labute approximate surface area is 284 Å². The first kappa shape index (κ1) is 31.7. The Hall–Kier alpha value is -4.22. The minimum atomic E-state index is -0.752. The van der Waals surface area contributed by atoms with Gasteiger partial charge in [-0.15, -0.1) is 0 Å². The van der Waals surface area contributed by atoms with E-state index in [9.17, 15) is 9.59 Å². The molecule has 234 valence electrons. The lowest BCUT2D eigenvalue weighted by Crippen LogP contribution is -2.40. The average Bonchev–Trinajstić information content (AvgIpc) is 3.33. The van der Waals surface area contributed by atoms with Crippen LogP contribution in [0.15, 0.2) is 106 Å². The second-order valence-electron chi connectivity index (χ2n) is 11.1. The first-order chi connectivity index (χ1) is 22.2. The molecule has 5 aromatic rings. The summed E-state index contributed by atoms with van der Waals surface area (Å²) in [4.78, 5) is 32.6. The van der Waals surface area contributed by atoms with Crippen molar-refractivity contribution >= 4 is 56.7 Å². The third-order valence-electron chi connectivity index (χ3n) is 7.61. The van der Waals surface area contributed by atoms with Gasteiger partial charge in [-0.1, -0.05) is 78.1 Å². The van der Waals surface area contributed by atoms with Crippen molar-refractivity contribution in [1.29, 1.82) is 0 Å². The number of hydrogen-bond acceptors (Lipinski definition) is 7. The van der Waals surface area contributed by atoms with Crippen LogP contribution in [0.25, 0.3) is 16.8 Å². The fourth-order valence-electron chi connectivity index (χ4n) is 5.60. The van der Waals surface area contributed by atoms with Gasteiger partial charge in [0.25, 0.3) is 5.56 Å². The van der Waals surface area contributed by atoms with Gasteiger partial charge in [-0.2, -0.15) is 0 Å². The second kappa shape index (κ2) is 13.6. The van der Waals surface area contributed by atoms with Gasteiger partial charge in [0.1, 0.15) is 24.1 Å². The standard InChI is InChI=1S/C37H33IN2O5S/c1-5-43-36(42)33-23(4)39-37-40(34(33)28-15-8-9-16-30(28)45-22(2)3)35(41)32(46-37)20-24-17-18-31(29(38)19-24)44-21-26-13-10-12-25-11-6-7-14-27(25)26/h6-20,22,34H,5,21H2,1-4H3/b32-20+/t34-/m1/s1. The van der Waals surface area contributed by atoms with Crippen LogP contribution >= 0.6 is 33.9 Å². The number of aromatic nitrogens is 1. The van der Waals surface area contributed by atoms with Crippen molar-refractivity contribution in [2.45, 2.75) is 46.4 Å². The zero-order valence-corrected chi connectivity index (χ0v) is 28.9. The zero-order chi connectivity index (χ0) is 32.4. The van der Waals surface area contributed by atoms with Gasteiger partial charge in [-0.25, -0.2) is 9.79 Å². The van der Waals surface area contributed by atoms with Gasteiger partial charge in [-0.3, -0.25) is 9.36 Å². The fraction of sp³-hybridized carbons (Fsp3) is 0.216. The monoisotopic (exact) mass is 744 g/mol. The van der Waals surface area contributed by atoms with Crippen LogP contribution in [0.4, 0.5) is 0 Å². The van der Waals surface area contributed by atoms with E-state index in [1.165, 1.54) is 22.1 Å². The maximum atomic E-state index is 14.1. The van der Waals surface area contributed by atoms with Gasteiger partial charge >= 0.3 is 5.97 Å². The third kappa shape index (κ3) is 6.39. The largest absolute Gasteiger partial charge is 0.491 e. The molecule has 1 aliphatic rings. The lowest BCUT2D eigenvalue weighted by Gasteiger charge is -2.26. The molecule has 1 aromatic heterocycles. The smallest absolute Gasteiger partial charge is 0.338 e. The number of benzene rings is 4. The van der Waals surface area contributed by atoms with Crippen LogP contribution in [-0.2, 0) is 16.1 Å². The highest BCUT2D eigenvalue weighted by molar-refractivity contribution is 14.1. The molecule has 2 heterocycles. The molecular formula is C37H33IN2O5S. The number of fused-ring (bicyclic) bond motifs is 2. The molecule has 0 bridgehead atoms. The lowest BCUT2D eigenvalue weighted by molar-refractivity contribution is -0.139. The number of thiazole rings is 1. The molecule has 0 spiro atoms. The predicted molar refractivity (Wildman–Crippen MR) is 190 cm³/mol. The lowest BCUT2D eigenvalue weighted by atomic mass is 9.95. The van der Waals surface area contributed by atoms with Crippen LogP contribution in [0.3, 0.4) is 0 Å². The molecule has 0 saturated carbocycles. The van der Waals surface area contributed by atoms with Gasteiger partial charge in [0.2, 0.25) is 0 Å². The molecule has 46 heavy (non-hydrogen) atoms. The molecular weight excluding hydrogens is 711 g/mol. The Morgan fingerprint density at radius 3 is 2.57 bits per heavy atom. The summed E-state index contributed by atoms with van der Waals surface area (Å²) in [7, 11) is 0. The Morgan fingerprint density at radius 2 is 1.78 bits per heavy atom. The number of para-hydroxylation sites is 1. The van der Waals surface area contributed by atoms with Crippen molar-refractivity contribution in [3.63, 3.8) is 0 Å². The number of rotatable bonds is 9. The molecule has 0 radical (unpaired) electrons. The molecule has 4 aromatic carbocycles. The number of esters is 1. The van der Waals surface area contributed by atoms with Crippen LogP contribution in [0.1, 0.15) is 50.4 Å². The summed E-state index contributed by atoms with van der Waals surface area (Å²) in [6.45, 7) is 8.07. The molecule has 1 aliphatic heterocycles. The first-order valence-corrected chi connectivity index (χ1v) is 17.0. The highest BCUT2D eigenvalue weighted by atomic mass is 127. The molecule has 0 aliphatic carbocycles. The topological polar surface area (TPSA) is 79.1 Å². The summed E-state index contributed by atoms with van der Waals surface area (Å²) in [6, 6.07) is 27.1. The van der Waals surface area contributed by atoms with Crippen molar-refractivity contribution in [1.82, 2.24) is 4.57 Å². The first-order valence-electron chi connectivity index (χ1n) is 15.1. The molecule has 9 heteroatoms. The normalized spacial score (nSPS) is 14.7. The molecule has 0 saturated heterocycles. The molecule has 0 unspecified atom stereocenters. The van der Waals surface area contributed by atoms with Crippen molar-refractivity contribution in [3.8, 4) is 11.5 Å². The van der Waals surface area contributed by atoms with Crippen LogP contribution in [0.5, 0.6) is 11.5 Å².